The van der Waals surface area contributed by atoms with Crippen LogP contribution in [-0.4, -0.2) is 11.1 Å². The van der Waals surface area contributed by atoms with Crippen LogP contribution in [0.5, 0.6) is 0 Å². The third-order valence-electron chi connectivity index (χ3n) is 7.09. The molecule has 1 fully saturated rings. The van der Waals surface area contributed by atoms with Gasteiger partial charge in [-0.2, -0.15) is 0 Å². The summed E-state index contributed by atoms with van der Waals surface area (Å²) in [4.78, 5) is 11.9. The average molecular weight is 302 g/mol. The fourth-order valence-electron chi connectivity index (χ4n) is 5.58. The van der Waals surface area contributed by atoms with E-state index < -0.39 is 11.4 Å². The van der Waals surface area contributed by atoms with E-state index in [4.69, 9.17) is 0 Å². The number of fused-ring (bicyclic) bond motifs is 3. The van der Waals surface area contributed by atoms with Crippen molar-refractivity contribution in [3.63, 3.8) is 0 Å². The summed E-state index contributed by atoms with van der Waals surface area (Å²) in [5, 5.41) is 9.83. The van der Waals surface area contributed by atoms with Gasteiger partial charge in [-0.3, -0.25) is 4.79 Å². The van der Waals surface area contributed by atoms with Crippen molar-refractivity contribution in [3.05, 3.63) is 23.3 Å². The fraction of sp³-hybridized carbons (Fsp3) is 0.750. The molecule has 1 N–H and O–H groups in total. The van der Waals surface area contributed by atoms with E-state index in [0.717, 1.165) is 32.1 Å². The monoisotopic (exact) mass is 302 g/mol. The highest BCUT2D eigenvalue weighted by atomic mass is 16.4. The zero-order valence-electron chi connectivity index (χ0n) is 14.5. The van der Waals surface area contributed by atoms with Crippen LogP contribution in [0.1, 0.15) is 66.2 Å². The van der Waals surface area contributed by atoms with Crippen LogP contribution in [0.2, 0.25) is 0 Å². The van der Waals surface area contributed by atoms with Gasteiger partial charge in [-0.15, -0.1) is 0 Å². The lowest BCUT2D eigenvalue weighted by Gasteiger charge is -2.57. The standard InChI is InChI=1S/C20H30O2/c1-13(2)14-6-8-16-15(12-14)7-9-17-19(16,3)10-5-11-20(17,4)18(21)22/h6-7,13,16-17H,5,8-12H2,1-4H3,(H,21,22). The van der Waals surface area contributed by atoms with Gasteiger partial charge in [0.1, 0.15) is 0 Å². The Labute approximate surface area is 134 Å². The molecule has 3 aliphatic rings. The van der Waals surface area contributed by atoms with E-state index >= 15 is 0 Å². The molecule has 0 heterocycles. The van der Waals surface area contributed by atoms with E-state index in [-0.39, 0.29) is 11.3 Å². The van der Waals surface area contributed by atoms with Gasteiger partial charge in [-0.25, -0.2) is 0 Å². The second kappa shape index (κ2) is 5.25. The molecule has 0 amide bonds. The predicted molar refractivity (Wildman–Crippen MR) is 89.5 cm³/mol. The van der Waals surface area contributed by atoms with Crippen molar-refractivity contribution < 1.29 is 9.90 Å². The highest BCUT2D eigenvalue weighted by Crippen LogP contribution is 2.62. The summed E-state index contributed by atoms with van der Waals surface area (Å²) >= 11 is 0. The first-order valence-electron chi connectivity index (χ1n) is 8.90. The van der Waals surface area contributed by atoms with Crippen molar-refractivity contribution in [1.29, 1.82) is 0 Å². The second-order valence-electron chi connectivity index (χ2n) is 8.55. The molecule has 0 aliphatic heterocycles. The third-order valence-corrected chi connectivity index (χ3v) is 7.09. The van der Waals surface area contributed by atoms with E-state index in [2.05, 4.69) is 32.9 Å². The molecule has 2 heteroatoms. The van der Waals surface area contributed by atoms with Crippen molar-refractivity contribution in [1.82, 2.24) is 0 Å². The zero-order chi connectivity index (χ0) is 16.1. The molecule has 2 nitrogen and oxygen atoms in total. The Kier molecular flexibility index (Phi) is 3.78. The number of carboxylic acid groups (broad SMARTS) is 1. The van der Waals surface area contributed by atoms with Crippen LogP contribution in [0.25, 0.3) is 0 Å². The lowest BCUT2D eigenvalue weighted by Crippen LogP contribution is -2.53. The summed E-state index contributed by atoms with van der Waals surface area (Å²) in [5.74, 6) is 0.888. The maximum atomic E-state index is 11.9. The van der Waals surface area contributed by atoms with Crippen LogP contribution < -0.4 is 0 Å². The van der Waals surface area contributed by atoms with Gasteiger partial charge in [-0.05, 0) is 62.2 Å². The molecule has 4 atom stereocenters. The summed E-state index contributed by atoms with van der Waals surface area (Å²) in [5.41, 5.74) is 2.78. The molecule has 1 saturated carbocycles. The molecule has 22 heavy (non-hydrogen) atoms. The molecule has 3 aliphatic carbocycles. The summed E-state index contributed by atoms with van der Waals surface area (Å²) in [6.45, 7) is 8.93. The van der Waals surface area contributed by atoms with E-state index in [1.54, 1.807) is 11.1 Å². The molecule has 0 saturated heterocycles. The molecule has 0 bridgehead atoms. The minimum Gasteiger partial charge on any atom is -0.481 e. The fourth-order valence-corrected chi connectivity index (χ4v) is 5.58. The van der Waals surface area contributed by atoms with Crippen LogP contribution in [0.15, 0.2) is 23.3 Å². The predicted octanol–water partition coefficient (Wildman–Crippen LogP) is 5.21. The maximum absolute atomic E-state index is 11.9. The molecule has 0 radical (unpaired) electrons. The van der Waals surface area contributed by atoms with Crippen LogP contribution in [0, 0.1) is 28.6 Å². The first-order valence-corrected chi connectivity index (χ1v) is 8.90. The second-order valence-corrected chi connectivity index (χ2v) is 8.55. The first kappa shape index (κ1) is 15.8. The minimum atomic E-state index is -0.588. The van der Waals surface area contributed by atoms with Crippen molar-refractivity contribution in [2.75, 3.05) is 0 Å². The largest absolute Gasteiger partial charge is 0.481 e. The minimum absolute atomic E-state index is 0.161. The molecule has 0 spiro atoms. The Morgan fingerprint density at radius 2 is 1.95 bits per heavy atom. The van der Waals surface area contributed by atoms with Crippen molar-refractivity contribution in [2.45, 2.75) is 66.2 Å². The van der Waals surface area contributed by atoms with Crippen molar-refractivity contribution in [3.8, 4) is 0 Å². The third kappa shape index (κ3) is 2.18. The Morgan fingerprint density at radius 3 is 2.59 bits per heavy atom. The number of carbonyl (C=O) groups is 1. The number of rotatable bonds is 2. The van der Waals surface area contributed by atoms with Gasteiger partial charge in [0.05, 0.1) is 5.41 Å². The van der Waals surface area contributed by atoms with Gasteiger partial charge in [0.2, 0.25) is 0 Å². The lowest BCUT2D eigenvalue weighted by molar-refractivity contribution is -0.162. The Bertz CT molecular complexity index is 542. The summed E-state index contributed by atoms with van der Waals surface area (Å²) in [6, 6.07) is 0. The van der Waals surface area contributed by atoms with Crippen LogP contribution in [0.4, 0.5) is 0 Å². The lowest BCUT2D eigenvalue weighted by atomic mass is 9.47. The van der Waals surface area contributed by atoms with Crippen molar-refractivity contribution >= 4 is 5.97 Å². The topological polar surface area (TPSA) is 37.3 Å². The summed E-state index contributed by atoms with van der Waals surface area (Å²) < 4.78 is 0. The first-order chi connectivity index (χ1) is 10.3. The number of carboxylic acids is 1. The zero-order valence-corrected chi connectivity index (χ0v) is 14.5. The molecule has 0 aromatic rings. The van der Waals surface area contributed by atoms with Gasteiger partial charge in [0.25, 0.3) is 0 Å². The molecular formula is C20H30O2. The van der Waals surface area contributed by atoms with Gasteiger partial charge in [-0.1, -0.05) is 50.5 Å². The summed E-state index contributed by atoms with van der Waals surface area (Å²) in [6.07, 6.45) is 11.1. The molecule has 3 rings (SSSR count). The average Bonchev–Trinajstić information content (AvgIpc) is 2.46. The molecule has 4 unspecified atom stereocenters. The quantitative estimate of drug-likeness (QED) is 0.711. The molecule has 122 valence electrons. The van der Waals surface area contributed by atoms with Crippen molar-refractivity contribution in [2.24, 2.45) is 28.6 Å². The molecule has 0 aromatic carbocycles. The van der Waals surface area contributed by atoms with Gasteiger partial charge in [0.15, 0.2) is 0 Å². The van der Waals surface area contributed by atoms with Gasteiger partial charge < -0.3 is 5.11 Å². The van der Waals surface area contributed by atoms with Crippen LogP contribution in [0.3, 0.4) is 0 Å². The highest BCUT2D eigenvalue weighted by Gasteiger charge is 2.57. The van der Waals surface area contributed by atoms with E-state index in [9.17, 15) is 9.90 Å². The normalized spacial score (nSPS) is 41.3. The Hall–Kier alpha value is -1.05. The van der Waals surface area contributed by atoms with E-state index in [1.165, 1.54) is 6.42 Å². The van der Waals surface area contributed by atoms with Crippen LogP contribution >= 0.6 is 0 Å². The van der Waals surface area contributed by atoms with E-state index in [1.807, 2.05) is 6.92 Å². The molecule has 0 aromatic heterocycles. The SMILES string of the molecule is CC(C)C1=CCC2C(=CCC3C(C)(C(=O)O)CCCC23C)C1. The number of aliphatic carboxylic acids is 1. The highest BCUT2D eigenvalue weighted by molar-refractivity contribution is 5.75. The Morgan fingerprint density at radius 1 is 1.23 bits per heavy atom. The summed E-state index contributed by atoms with van der Waals surface area (Å²) in [7, 11) is 0. The van der Waals surface area contributed by atoms with Gasteiger partial charge in [0, 0.05) is 0 Å². The number of allylic oxidation sites excluding steroid dienone is 4. The van der Waals surface area contributed by atoms with Gasteiger partial charge >= 0.3 is 5.97 Å². The number of hydrogen-bond donors (Lipinski definition) is 1. The van der Waals surface area contributed by atoms with E-state index in [0.29, 0.717) is 11.8 Å². The maximum Gasteiger partial charge on any atom is 0.309 e. The van der Waals surface area contributed by atoms with Crippen LogP contribution in [-0.2, 0) is 4.79 Å². The number of hydrogen-bond acceptors (Lipinski definition) is 1. The Balaban J connectivity index is 1.96. The smallest absolute Gasteiger partial charge is 0.309 e. The molecular weight excluding hydrogens is 272 g/mol.